The number of thioether (sulfide) groups is 1. The monoisotopic (exact) mass is 337 g/mol. The Balaban J connectivity index is 1.74. The Labute approximate surface area is 135 Å². The van der Waals surface area contributed by atoms with Crippen LogP contribution >= 0.6 is 23.1 Å². The Morgan fingerprint density at radius 3 is 2.68 bits per heavy atom. The third-order valence-corrected chi connectivity index (χ3v) is 4.41. The summed E-state index contributed by atoms with van der Waals surface area (Å²) in [5.74, 6) is -0.455. The summed E-state index contributed by atoms with van der Waals surface area (Å²) in [5.41, 5.74) is 5.67. The molecular formula is C13H15N5O2S2. The van der Waals surface area contributed by atoms with E-state index in [0.29, 0.717) is 16.0 Å². The van der Waals surface area contributed by atoms with Crippen LogP contribution in [0.4, 0.5) is 5.13 Å². The molecule has 0 aliphatic carbocycles. The summed E-state index contributed by atoms with van der Waals surface area (Å²) in [5, 5.41) is 11.9. The van der Waals surface area contributed by atoms with Crippen LogP contribution in [-0.2, 0) is 16.1 Å². The number of carbonyl (C=O) groups is 2. The smallest absolute Gasteiger partial charge is 0.248 e. The minimum atomic E-state index is -0.318. The van der Waals surface area contributed by atoms with Crippen LogP contribution in [0.1, 0.15) is 12.5 Å². The number of benzene rings is 1. The summed E-state index contributed by atoms with van der Waals surface area (Å²) in [7, 11) is 0. The molecule has 1 aromatic heterocycles. The Bertz CT molecular complexity index is 632. The van der Waals surface area contributed by atoms with Crippen LogP contribution in [0.25, 0.3) is 0 Å². The Morgan fingerprint density at radius 1 is 1.18 bits per heavy atom. The van der Waals surface area contributed by atoms with E-state index in [2.05, 4.69) is 26.4 Å². The number of hydrogen-bond acceptors (Lipinski definition) is 7. The largest absolute Gasteiger partial charge is 0.356 e. The molecule has 0 atom stereocenters. The van der Waals surface area contributed by atoms with Crippen molar-refractivity contribution in [3.05, 3.63) is 35.9 Å². The fraction of sp³-hybridized carbons (Fsp3) is 0.231. The van der Waals surface area contributed by atoms with Crippen LogP contribution in [0.5, 0.6) is 0 Å². The van der Waals surface area contributed by atoms with E-state index >= 15 is 0 Å². The van der Waals surface area contributed by atoms with Crippen molar-refractivity contribution in [2.45, 2.75) is 17.8 Å². The molecule has 22 heavy (non-hydrogen) atoms. The van der Waals surface area contributed by atoms with Crippen LogP contribution in [-0.4, -0.2) is 27.8 Å². The Kier molecular flexibility index (Phi) is 6.16. The molecule has 3 N–H and O–H groups in total. The van der Waals surface area contributed by atoms with Crippen molar-refractivity contribution in [3.8, 4) is 0 Å². The molecule has 0 unspecified atom stereocenters. The number of hydrogen-bond donors (Lipinski definition) is 3. The van der Waals surface area contributed by atoms with Gasteiger partial charge in [-0.2, -0.15) is 0 Å². The van der Waals surface area contributed by atoms with Gasteiger partial charge in [0.25, 0.3) is 0 Å². The van der Waals surface area contributed by atoms with Gasteiger partial charge in [-0.15, -0.1) is 10.2 Å². The molecule has 116 valence electrons. The van der Waals surface area contributed by atoms with Crippen LogP contribution in [0.2, 0.25) is 0 Å². The second-order valence-corrected chi connectivity index (χ2v) is 6.43. The highest BCUT2D eigenvalue weighted by Crippen LogP contribution is 2.25. The van der Waals surface area contributed by atoms with Crippen LogP contribution < -0.4 is 16.2 Å². The number of anilines is 1. The minimum absolute atomic E-state index is 0.160. The molecule has 0 aliphatic heterocycles. The number of nitrogens with zero attached hydrogens (tertiary/aromatic N) is 2. The second kappa shape index (κ2) is 8.35. The number of amides is 2. The molecule has 0 saturated heterocycles. The summed E-state index contributed by atoms with van der Waals surface area (Å²) in [4.78, 5) is 22.1. The lowest BCUT2D eigenvalue weighted by atomic mass is 10.2. The van der Waals surface area contributed by atoms with Crippen molar-refractivity contribution in [3.63, 3.8) is 0 Å². The second-order valence-electron chi connectivity index (χ2n) is 4.23. The number of rotatable bonds is 6. The molecule has 0 bridgehead atoms. The van der Waals surface area contributed by atoms with Gasteiger partial charge in [0.2, 0.25) is 16.9 Å². The van der Waals surface area contributed by atoms with Gasteiger partial charge in [0, 0.05) is 13.5 Å². The fourth-order valence-corrected chi connectivity index (χ4v) is 2.98. The van der Waals surface area contributed by atoms with Gasteiger partial charge in [0.1, 0.15) is 0 Å². The van der Waals surface area contributed by atoms with Crippen molar-refractivity contribution in [1.29, 1.82) is 0 Å². The highest BCUT2D eigenvalue weighted by molar-refractivity contribution is 8.01. The molecule has 1 aromatic carbocycles. The topological polar surface area (TPSA) is 96.0 Å². The zero-order chi connectivity index (χ0) is 15.8. The third kappa shape index (κ3) is 5.70. The SMILES string of the molecule is CC(=O)NNC(=O)CSc1nnc(NCc2ccccc2)s1. The van der Waals surface area contributed by atoms with Crippen LogP contribution in [0, 0.1) is 0 Å². The lowest BCUT2D eigenvalue weighted by Crippen LogP contribution is -2.41. The first-order valence-electron chi connectivity index (χ1n) is 6.43. The lowest BCUT2D eigenvalue weighted by molar-refractivity contribution is -0.126. The zero-order valence-corrected chi connectivity index (χ0v) is 13.5. The van der Waals surface area contributed by atoms with Gasteiger partial charge in [0.15, 0.2) is 4.34 Å². The maximum Gasteiger partial charge on any atom is 0.248 e. The van der Waals surface area contributed by atoms with Crippen LogP contribution in [0.3, 0.4) is 0 Å². The lowest BCUT2D eigenvalue weighted by Gasteiger charge is -2.02. The Morgan fingerprint density at radius 2 is 1.95 bits per heavy atom. The maximum absolute atomic E-state index is 11.4. The van der Waals surface area contributed by atoms with E-state index < -0.39 is 0 Å². The summed E-state index contributed by atoms with van der Waals surface area (Å²) in [6.07, 6.45) is 0. The predicted octanol–water partition coefficient (Wildman–Crippen LogP) is 1.41. The highest BCUT2D eigenvalue weighted by atomic mass is 32.2. The average Bonchev–Trinajstić information content (AvgIpc) is 2.98. The number of hydrazine groups is 1. The van der Waals surface area contributed by atoms with Crippen LogP contribution in [0.15, 0.2) is 34.7 Å². The van der Waals surface area contributed by atoms with E-state index in [9.17, 15) is 9.59 Å². The first kappa shape index (κ1) is 16.2. The van der Waals surface area contributed by atoms with Gasteiger partial charge in [0.05, 0.1) is 5.75 Å². The molecule has 2 aromatic rings. The molecule has 0 aliphatic rings. The summed E-state index contributed by atoms with van der Waals surface area (Å²) in [6, 6.07) is 9.97. The average molecular weight is 337 g/mol. The van der Waals surface area contributed by atoms with Gasteiger partial charge in [-0.05, 0) is 5.56 Å². The minimum Gasteiger partial charge on any atom is -0.356 e. The number of nitrogens with one attached hydrogen (secondary N) is 3. The number of carbonyl (C=O) groups excluding carboxylic acids is 2. The first-order chi connectivity index (χ1) is 10.6. The van der Waals surface area contributed by atoms with Crippen molar-refractivity contribution in [2.24, 2.45) is 0 Å². The van der Waals surface area contributed by atoms with Gasteiger partial charge in [-0.1, -0.05) is 53.4 Å². The molecule has 1 heterocycles. The summed E-state index contributed by atoms with van der Waals surface area (Å²) in [6.45, 7) is 1.99. The standard InChI is InChI=1S/C13H15N5O2S2/c1-9(19)15-16-11(20)8-21-13-18-17-12(22-13)14-7-10-5-3-2-4-6-10/h2-6H,7-8H2,1H3,(H,14,17)(H,15,19)(H,16,20). The predicted molar refractivity (Wildman–Crippen MR) is 86.4 cm³/mol. The van der Waals surface area contributed by atoms with Gasteiger partial charge < -0.3 is 5.32 Å². The summed E-state index contributed by atoms with van der Waals surface area (Å²) >= 11 is 2.65. The van der Waals surface area contributed by atoms with E-state index in [1.54, 1.807) is 0 Å². The van der Waals surface area contributed by atoms with Crippen molar-refractivity contribution in [1.82, 2.24) is 21.0 Å². The highest BCUT2D eigenvalue weighted by Gasteiger charge is 2.08. The molecule has 0 fully saturated rings. The van der Waals surface area contributed by atoms with Crippen molar-refractivity contribution >= 4 is 40.0 Å². The zero-order valence-electron chi connectivity index (χ0n) is 11.8. The molecule has 9 heteroatoms. The molecule has 2 rings (SSSR count). The number of aromatic nitrogens is 2. The van der Waals surface area contributed by atoms with E-state index in [1.165, 1.54) is 30.0 Å². The van der Waals surface area contributed by atoms with Gasteiger partial charge >= 0.3 is 0 Å². The molecular weight excluding hydrogens is 322 g/mol. The first-order valence-corrected chi connectivity index (χ1v) is 8.23. The quantitative estimate of drug-likeness (QED) is 0.545. The van der Waals surface area contributed by atoms with Gasteiger partial charge in [-0.3, -0.25) is 20.4 Å². The Hall–Kier alpha value is -2.13. The normalized spacial score (nSPS) is 10.0. The summed E-state index contributed by atoms with van der Waals surface area (Å²) < 4.78 is 0.688. The molecule has 7 nitrogen and oxygen atoms in total. The van der Waals surface area contributed by atoms with Crippen molar-refractivity contribution < 1.29 is 9.59 Å². The molecule has 0 spiro atoms. The van der Waals surface area contributed by atoms with E-state index in [0.717, 1.165) is 5.56 Å². The van der Waals surface area contributed by atoms with E-state index in [4.69, 9.17) is 0 Å². The molecule has 0 saturated carbocycles. The van der Waals surface area contributed by atoms with E-state index in [-0.39, 0.29) is 17.6 Å². The van der Waals surface area contributed by atoms with Crippen molar-refractivity contribution in [2.75, 3.05) is 11.1 Å². The van der Waals surface area contributed by atoms with Gasteiger partial charge in [-0.25, -0.2) is 0 Å². The molecule has 2 amide bonds. The molecule has 0 radical (unpaired) electrons. The van der Waals surface area contributed by atoms with E-state index in [1.807, 2.05) is 30.3 Å². The third-order valence-electron chi connectivity index (χ3n) is 2.40. The maximum atomic E-state index is 11.4. The fourth-order valence-electron chi connectivity index (χ4n) is 1.43.